The number of carbonyl (C=O) groups is 2. The van der Waals surface area contributed by atoms with Crippen molar-refractivity contribution in [2.75, 3.05) is 0 Å². The Labute approximate surface area is 103 Å². The Morgan fingerprint density at radius 1 is 1.18 bits per heavy atom. The van der Waals surface area contributed by atoms with Gasteiger partial charge in [-0.3, -0.25) is 4.79 Å². The molecule has 98 valence electrons. The van der Waals surface area contributed by atoms with Gasteiger partial charge in [0.15, 0.2) is 5.78 Å². The van der Waals surface area contributed by atoms with Crippen molar-refractivity contribution in [3.63, 3.8) is 0 Å². The third kappa shape index (κ3) is 4.02. The molecule has 4 heteroatoms. The molecular formula is C13H23NO3. The Bertz CT molecular complexity index is 288. The van der Waals surface area contributed by atoms with Crippen molar-refractivity contribution in [3.8, 4) is 0 Å². The summed E-state index contributed by atoms with van der Waals surface area (Å²) in [4.78, 5) is 23.1. The minimum absolute atomic E-state index is 0.00630. The zero-order valence-electron chi connectivity index (χ0n) is 11.0. The molecule has 4 nitrogen and oxygen atoms in total. The van der Waals surface area contributed by atoms with E-state index in [0.717, 1.165) is 25.7 Å². The van der Waals surface area contributed by atoms with Gasteiger partial charge in [-0.25, -0.2) is 4.79 Å². The first kappa shape index (κ1) is 14.0. The molecule has 0 bridgehead atoms. The molecule has 17 heavy (non-hydrogen) atoms. The smallest absolute Gasteiger partial charge is 0.405 e. The van der Waals surface area contributed by atoms with Crippen molar-refractivity contribution in [3.05, 3.63) is 0 Å². The minimum Gasteiger partial charge on any atom is -0.465 e. The van der Waals surface area contributed by atoms with Crippen molar-refractivity contribution in [2.45, 2.75) is 58.9 Å². The van der Waals surface area contributed by atoms with Crippen LogP contribution in [0.1, 0.15) is 52.9 Å². The van der Waals surface area contributed by atoms with E-state index in [1.54, 1.807) is 0 Å². The first-order valence-corrected chi connectivity index (χ1v) is 6.36. The number of hydrogen-bond acceptors (Lipinski definition) is 2. The first-order valence-electron chi connectivity index (χ1n) is 6.36. The molecule has 0 saturated heterocycles. The number of rotatable bonds is 3. The van der Waals surface area contributed by atoms with E-state index in [9.17, 15) is 9.59 Å². The lowest BCUT2D eigenvalue weighted by molar-refractivity contribution is -0.130. The third-order valence-corrected chi connectivity index (χ3v) is 3.42. The van der Waals surface area contributed by atoms with Crippen molar-refractivity contribution < 1.29 is 14.7 Å². The molecule has 0 spiro atoms. The summed E-state index contributed by atoms with van der Waals surface area (Å²) in [7, 11) is 0. The van der Waals surface area contributed by atoms with Crippen LogP contribution in [0.25, 0.3) is 0 Å². The first-order chi connectivity index (χ1) is 7.82. The summed E-state index contributed by atoms with van der Waals surface area (Å²) in [6.45, 7) is 5.53. The van der Waals surface area contributed by atoms with Crippen LogP contribution >= 0.6 is 0 Å². The van der Waals surface area contributed by atoms with Gasteiger partial charge in [-0.1, -0.05) is 40.0 Å². The fourth-order valence-electron chi connectivity index (χ4n) is 2.46. The third-order valence-electron chi connectivity index (χ3n) is 3.42. The van der Waals surface area contributed by atoms with E-state index in [4.69, 9.17) is 5.11 Å². The van der Waals surface area contributed by atoms with Crippen LogP contribution in [0.4, 0.5) is 4.79 Å². The van der Waals surface area contributed by atoms with E-state index in [1.165, 1.54) is 6.42 Å². The zero-order valence-corrected chi connectivity index (χ0v) is 11.0. The lowest BCUT2D eigenvalue weighted by atomic mass is 9.76. The fourth-order valence-corrected chi connectivity index (χ4v) is 2.46. The quantitative estimate of drug-likeness (QED) is 0.798. The van der Waals surface area contributed by atoms with Crippen LogP contribution in [-0.4, -0.2) is 23.0 Å². The fraction of sp³-hybridized carbons (Fsp3) is 0.846. The van der Waals surface area contributed by atoms with E-state index in [0.29, 0.717) is 0 Å². The largest absolute Gasteiger partial charge is 0.465 e. The highest BCUT2D eigenvalue weighted by atomic mass is 16.4. The average molecular weight is 241 g/mol. The van der Waals surface area contributed by atoms with Gasteiger partial charge < -0.3 is 10.4 Å². The van der Waals surface area contributed by atoms with Gasteiger partial charge in [0.05, 0.1) is 6.04 Å². The number of ketones is 1. The molecule has 1 amide bonds. The Kier molecular flexibility index (Phi) is 4.54. The Morgan fingerprint density at radius 3 is 2.12 bits per heavy atom. The van der Waals surface area contributed by atoms with E-state index in [2.05, 4.69) is 5.32 Å². The van der Waals surface area contributed by atoms with Gasteiger partial charge in [-0.15, -0.1) is 0 Å². The maximum Gasteiger partial charge on any atom is 0.405 e. The lowest BCUT2D eigenvalue weighted by Gasteiger charge is -2.33. The van der Waals surface area contributed by atoms with Gasteiger partial charge in [0.1, 0.15) is 0 Å². The van der Waals surface area contributed by atoms with Gasteiger partial charge in [0.25, 0.3) is 0 Å². The van der Waals surface area contributed by atoms with Crippen LogP contribution in [0.15, 0.2) is 0 Å². The molecular weight excluding hydrogens is 218 g/mol. The molecule has 0 aromatic heterocycles. The number of carbonyl (C=O) groups excluding carboxylic acids is 1. The molecule has 0 radical (unpaired) electrons. The predicted molar refractivity (Wildman–Crippen MR) is 66.0 cm³/mol. The van der Waals surface area contributed by atoms with Gasteiger partial charge in [0, 0.05) is 5.41 Å². The second-order valence-corrected chi connectivity index (χ2v) is 5.94. The Balaban J connectivity index is 2.78. The number of Topliss-reactive ketones (excluding diaryl/α,β-unsaturated/α-hetero) is 1. The molecule has 2 N–H and O–H groups in total. The number of carboxylic acid groups (broad SMARTS) is 1. The summed E-state index contributed by atoms with van der Waals surface area (Å²) >= 11 is 0. The molecule has 1 atom stereocenters. The second kappa shape index (κ2) is 5.52. The summed E-state index contributed by atoms with van der Waals surface area (Å²) in [5, 5.41) is 11.3. The summed E-state index contributed by atoms with van der Waals surface area (Å²) in [5.74, 6) is 0.179. The summed E-state index contributed by atoms with van der Waals surface area (Å²) in [6, 6.07) is -0.534. The molecule has 1 fully saturated rings. The number of amides is 1. The molecule has 1 unspecified atom stereocenters. The number of hydrogen-bond donors (Lipinski definition) is 2. The minimum atomic E-state index is -1.10. The standard InChI is InChI=1S/C13H23NO3/c1-13(2,3)11(15)10(14-12(16)17)9-7-5-4-6-8-9/h9-10,14H,4-8H2,1-3H3,(H,16,17). The molecule has 1 aliphatic carbocycles. The molecule has 1 rings (SSSR count). The second-order valence-electron chi connectivity index (χ2n) is 5.94. The molecule has 1 saturated carbocycles. The maximum atomic E-state index is 12.3. The molecule has 1 aliphatic rings. The monoisotopic (exact) mass is 241 g/mol. The van der Waals surface area contributed by atoms with Crippen LogP contribution in [0, 0.1) is 11.3 Å². The van der Waals surface area contributed by atoms with Crippen molar-refractivity contribution in [2.24, 2.45) is 11.3 Å². The van der Waals surface area contributed by atoms with E-state index >= 15 is 0 Å². The predicted octanol–water partition coefficient (Wildman–Crippen LogP) is 2.82. The van der Waals surface area contributed by atoms with Gasteiger partial charge in [-0.2, -0.15) is 0 Å². The van der Waals surface area contributed by atoms with Crippen molar-refractivity contribution >= 4 is 11.9 Å². The van der Waals surface area contributed by atoms with Crippen molar-refractivity contribution in [1.29, 1.82) is 0 Å². The van der Waals surface area contributed by atoms with Crippen LogP contribution in [-0.2, 0) is 4.79 Å². The normalized spacial score (nSPS) is 19.7. The van der Waals surface area contributed by atoms with Gasteiger partial charge in [-0.05, 0) is 18.8 Å². The molecule has 0 aromatic carbocycles. The van der Waals surface area contributed by atoms with E-state index in [1.807, 2.05) is 20.8 Å². The Morgan fingerprint density at radius 2 is 1.71 bits per heavy atom. The topological polar surface area (TPSA) is 66.4 Å². The Hall–Kier alpha value is -1.06. The molecule has 0 heterocycles. The zero-order chi connectivity index (χ0) is 13.1. The van der Waals surface area contributed by atoms with Gasteiger partial charge in [0.2, 0.25) is 0 Å². The highest BCUT2D eigenvalue weighted by Gasteiger charge is 2.36. The van der Waals surface area contributed by atoms with Crippen LogP contribution in [0.2, 0.25) is 0 Å². The summed E-state index contributed by atoms with van der Waals surface area (Å²) in [6.07, 6.45) is 4.19. The number of nitrogens with one attached hydrogen (secondary N) is 1. The highest BCUT2D eigenvalue weighted by molar-refractivity contribution is 5.91. The SMILES string of the molecule is CC(C)(C)C(=O)C(NC(=O)O)C1CCCCC1. The van der Waals surface area contributed by atoms with Crippen LogP contribution in [0.5, 0.6) is 0 Å². The van der Waals surface area contributed by atoms with Crippen molar-refractivity contribution in [1.82, 2.24) is 5.32 Å². The molecule has 0 aliphatic heterocycles. The van der Waals surface area contributed by atoms with Gasteiger partial charge >= 0.3 is 6.09 Å². The summed E-state index contributed by atoms with van der Waals surface area (Å²) < 4.78 is 0. The molecule has 0 aromatic rings. The highest BCUT2D eigenvalue weighted by Crippen LogP contribution is 2.30. The van der Waals surface area contributed by atoms with Crippen LogP contribution < -0.4 is 5.32 Å². The maximum absolute atomic E-state index is 12.3. The average Bonchev–Trinajstić information content (AvgIpc) is 2.24. The summed E-state index contributed by atoms with van der Waals surface area (Å²) in [5.41, 5.74) is -0.495. The lowest BCUT2D eigenvalue weighted by Crippen LogP contribution is -2.50. The van der Waals surface area contributed by atoms with E-state index < -0.39 is 17.6 Å². The van der Waals surface area contributed by atoms with Crippen LogP contribution in [0.3, 0.4) is 0 Å². The van der Waals surface area contributed by atoms with E-state index in [-0.39, 0.29) is 11.7 Å².